The second-order valence-corrected chi connectivity index (χ2v) is 4.71. The standard InChI is InChI=1S/C13H13FO2S/c1-8-3-4-9(7-10(8)14)12(15)13-11(16-2)5-6-17-13/h3-7,12,15H,1-2H3. The van der Waals surface area contributed by atoms with Crippen LogP contribution < -0.4 is 4.74 Å². The van der Waals surface area contributed by atoms with Crippen molar-refractivity contribution in [2.24, 2.45) is 0 Å². The zero-order chi connectivity index (χ0) is 12.4. The van der Waals surface area contributed by atoms with Gasteiger partial charge in [-0.15, -0.1) is 11.3 Å². The first kappa shape index (κ1) is 12.1. The van der Waals surface area contributed by atoms with E-state index in [-0.39, 0.29) is 5.82 Å². The third-order valence-electron chi connectivity index (χ3n) is 2.64. The van der Waals surface area contributed by atoms with Gasteiger partial charge in [-0.25, -0.2) is 4.39 Å². The van der Waals surface area contributed by atoms with Gasteiger partial charge in [0.05, 0.1) is 12.0 Å². The highest BCUT2D eigenvalue weighted by molar-refractivity contribution is 7.10. The van der Waals surface area contributed by atoms with Gasteiger partial charge in [0.2, 0.25) is 0 Å². The fourth-order valence-electron chi connectivity index (χ4n) is 1.61. The minimum absolute atomic E-state index is 0.308. The molecule has 0 fully saturated rings. The summed E-state index contributed by atoms with van der Waals surface area (Å²) in [5, 5.41) is 12.0. The molecule has 1 unspecified atom stereocenters. The number of rotatable bonds is 3. The van der Waals surface area contributed by atoms with Gasteiger partial charge in [-0.05, 0) is 35.6 Å². The lowest BCUT2D eigenvalue weighted by Gasteiger charge is -2.12. The Kier molecular flexibility index (Phi) is 3.45. The largest absolute Gasteiger partial charge is 0.495 e. The molecular formula is C13H13FO2S. The van der Waals surface area contributed by atoms with Crippen molar-refractivity contribution in [2.45, 2.75) is 13.0 Å². The highest BCUT2D eigenvalue weighted by Crippen LogP contribution is 2.34. The fourth-order valence-corrected chi connectivity index (χ4v) is 2.48. The summed E-state index contributed by atoms with van der Waals surface area (Å²) >= 11 is 1.39. The number of benzene rings is 1. The Balaban J connectivity index is 2.36. The van der Waals surface area contributed by atoms with Crippen molar-refractivity contribution in [2.75, 3.05) is 7.11 Å². The van der Waals surface area contributed by atoms with Crippen molar-refractivity contribution >= 4 is 11.3 Å². The van der Waals surface area contributed by atoms with Crippen LogP contribution in [0, 0.1) is 12.7 Å². The molecule has 0 aliphatic carbocycles. The van der Waals surface area contributed by atoms with Crippen LogP contribution in [0.2, 0.25) is 0 Å². The highest BCUT2D eigenvalue weighted by Gasteiger charge is 2.17. The number of ether oxygens (including phenoxy) is 1. The van der Waals surface area contributed by atoms with Gasteiger partial charge in [0.1, 0.15) is 17.7 Å². The summed E-state index contributed by atoms with van der Waals surface area (Å²) in [5.41, 5.74) is 1.10. The van der Waals surface area contributed by atoms with Crippen LogP contribution in [0.4, 0.5) is 4.39 Å². The number of hydrogen-bond acceptors (Lipinski definition) is 3. The van der Waals surface area contributed by atoms with Crippen LogP contribution in [-0.4, -0.2) is 12.2 Å². The van der Waals surface area contributed by atoms with E-state index < -0.39 is 6.10 Å². The summed E-state index contributed by atoms with van der Waals surface area (Å²) in [5.74, 6) is 0.320. The summed E-state index contributed by atoms with van der Waals surface area (Å²) in [6.07, 6.45) is -0.847. The lowest BCUT2D eigenvalue weighted by molar-refractivity contribution is 0.218. The van der Waals surface area contributed by atoms with Gasteiger partial charge in [-0.2, -0.15) is 0 Å². The van der Waals surface area contributed by atoms with E-state index in [1.54, 1.807) is 32.2 Å². The van der Waals surface area contributed by atoms with Gasteiger partial charge in [0, 0.05) is 0 Å². The normalized spacial score (nSPS) is 12.5. The molecule has 90 valence electrons. The maximum Gasteiger partial charge on any atom is 0.135 e. The molecule has 0 bridgehead atoms. The summed E-state index contributed by atoms with van der Waals surface area (Å²) in [4.78, 5) is 0.691. The van der Waals surface area contributed by atoms with E-state index in [4.69, 9.17) is 4.74 Å². The Morgan fingerprint density at radius 1 is 1.35 bits per heavy atom. The van der Waals surface area contributed by atoms with E-state index in [1.807, 2.05) is 5.38 Å². The molecular weight excluding hydrogens is 239 g/mol. The van der Waals surface area contributed by atoms with Crippen molar-refractivity contribution in [3.05, 3.63) is 51.5 Å². The van der Waals surface area contributed by atoms with Crippen molar-refractivity contribution in [3.8, 4) is 5.75 Å². The Labute approximate surface area is 103 Å². The molecule has 17 heavy (non-hydrogen) atoms. The van der Waals surface area contributed by atoms with Crippen molar-refractivity contribution in [3.63, 3.8) is 0 Å². The molecule has 1 aromatic heterocycles. The second kappa shape index (κ2) is 4.85. The zero-order valence-corrected chi connectivity index (χ0v) is 10.4. The first-order valence-electron chi connectivity index (χ1n) is 5.19. The molecule has 2 aromatic rings. The third-order valence-corrected chi connectivity index (χ3v) is 3.59. The Hall–Kier alpha value is -1.39. The maximum absolute atomic E-state index is 13.4. The number of aryl methyl sites for hydroxylation is 1. The van der Waals surface area contributed by atoms with Crippen LogP contribution in [0.3, 0.4) is 0 Å². The van der Waals surface area contributed by atoms with Crippen molar-refractivity contribution in [1.29, 1.82) is 0 Å². The topological polar surface area (TPSA) is 29.5 Å². The monoisotopic (exact) mass is 252 g/mol. The minimum Gasteiger partial charge on any atom is -0.495 e. The highest BCUT2D eigenvalue weighted by atomic mass is 32.1. The first-order valence-corrected chi connectivity index (χ1v) is 6.07. The summed E-state index contributed by atoms with van der Waals surface area (Å²) in [7, 11) is 1.55. The third kappa shape index (κ3) is 2.33. The van der Waals surface area contributed by atoms with Crippen LogP contribution in [0.15, 0.2) is 29.6 Å². The molecule has 2 nitrogen and oxygen atoms in total. The molecule has 0 spiro atoms. The zero-order valence-electron chi connectivity index (χ0n) is 9.61. The molecule has 1 aromatic carbocycles. The van der Waals surface area contributed by atoms with Gasteiger partial charge in [-0.1, -0.05) is 12.1 Å². The number of aliphatic hydroxyl groups excluding tert-OH is 1. The molecule has 0 amide bonds. The molecule has 0 aliphatic heterocycles. The van der Waals surface area contributed by atoms with E-state index in [9.17, 15) is 9.50 Å². The molecule has 0 radical (unpaired) electrons. The van der Waals surface area contributed by atoms with Crippen LogP contribution >= 0.6 is 11.3 Å². The fraction of sp³-hybridized carbons (Fsp3) is 0.231. The number of hydrogen-bond donors (Lipinski definition) is 1. The van der Waals surface area contributed by atoms with Gasteiger partial charge >= 0.3 is 0 Å². The molecule has 1 atom stereocenters. The van der Waals surface area contributed by atoms with Crippen LogP contribution in [-0.2, 0) is 0 Å². The number of thiophene rings is 1. The number of halogens is 1. The molecule has 2 rings (SSSR count). The number of methoxy groups -OCH3 is 1. The SMILES string of the molecule is COc1ccsc1C(O)c1ccc(C)c(F)c1. The van der Waals surface area contributed by atoms with Crippen molar-refractivity contribution in [1.82, 2.24) is 0 Å². The van der Waals surface area contributed by atoms with Crippen molar-refractivity contribution < 1.29 is 14.2 Å². The van der Waals surface area contributed by atoms with E-state index in [0.29, 0.717) is 21.8 Å². The van der Waals surface area contributed by atoms with Gasteiger partial charge in [0.15, 0.2) is 0 Å². The predicted molar refractivity (Wildman–Crippen MR) is 66.1 cm³/mol. The lowest BCUT2D eigenvalue weighted by Crippen LogP contribution is -2.00. The Morgan fingerprint density at radius 3 is 2.76 bits per heavy atom. The molecule has 0 saturated heterocycles. The molecule has 0 aliphatic rings. The van der Waals surface area contributed by atoms with Crippen LogP contribution in [0.25, 0.3) is 0 Å². The van der Waals surface area contributed by atoms with E-state index in [0.717, 1.165) is 0 Å². The molecule has 1 heterocycles. The molecule has 0 saturated carbocycles. The summed E-state index contributed by atoms with van der Waals surface area (Å²) in [6, 6.07) is 6.53. The van der Waals surface area contributed by atoms with Gasteiger partial charge in [-0.3, -0.25) is 0 Å². The maximum atomic E-state index is 13.4. The van der Waals surface area contributed by atoms with Gasteiger partial charge < -0.3 is 9.84 Å². The molecule has 1 N–H and O–H groups in total. The molecule has 4 heteroatoms. The van der Waals surface area contributed by atoms with Gasteiger partial charge in [0.25, 0.3) is 0 Å². The lowest BCUT2D eigenvalue weighted by atomic mass is 10.1. The quantitative estimate of drug-likeness (QED) is 0.908. The van der Waals surface area contributed by atoms with E-state index in [1.165, 1.54) is 17.4 Å². The van der Waals surface area contributed by atoms with E-state index in [2.05, 4.69) is 0 Å². The average molecular weight is 252 g/mol. The average Bonchev–Trinajstić information content (AvgIpc) is 2.80. The number of aliphatic hydroxyl groups is 1. The van der Waals surface area contributed by atoms with Crippen LogP contribution in [0.1, 0.15) is 22.1 Å². The Morgan fingerprint density at radius 2 is 2.12 bits per heavy atom. The second-order valence-electron chi connectivity index (χ2n) is 3.76. The smallest absolute Gasteiger partial charge is 0.135 e. The summed E-state index contributed by atoms with van der Waals surface area (Å²) < 4.78 is 18.6. The minimum atomic E-state index is -0.847. The first-order chi connectivity index (χ1) is 8.13. The van der Waals surface area contributed by atoms with Crippen LogP contribution in [0.5, 0.6) is 5.75 Å². The predicted octanol–water partition coefficient (Wildman–Crippen LogP) is 3.29. The van der Waals surface area contributed by atoms with E-state index >= 15 is 0 Å². The Bertz CT molecular complexity index is 522. The summed E-state index contributed by atoms with van der Waals surface area (Å²) in [6.45, 7) is 1.69.